The van der Waals surface area contributed by atoms with E-state index in [4.69, 9.17) is 4.74 Å². The van der Waals surface area contributed by atoms with Crippen molar-refractivity contribution in [3.63, 3.8) is 0 Å². The fraction of sp³-hybridized carbons (Fsp3) is 0.750. The van der Waals surface area contributed by atoms with Crippen molar-refractivity contribution in [2.45, 2.75) is 45.4 Å². The Morgan fingerprint density at radius 1 is 1.32 bits per heavy atom. The van der Waals surface area contributed by atoms with Crippen molar-refractivity contribution in [1.29, 1.82) is 0 Å². The van der Waals surface area contributed by atoms with Crippen LogP contribution in [0.3, 0.4) is 0 Å². The molecule has 4 heterocycles. The van der Waals surface area contributed by atoms with Gasteiger partial charge in [-0.3, -0.25) is 4.99 Å². The number of guanidine groups is 1. The number of aliphatic imine (C=N–C) groups is 1. The Morgan fingerprint density at radius 3 is 2.55 bits per heavy atom. The van der Waals surface area contributed by atoms with Crippen molar-refractivity contribution < 1.29 is 4.74 Å². The molecule has 0 spiro atoms. The van der Waals surface area contributed by atoms with E-state index in [9.17, 15) is 0 Å². The first-order valence-electron chi connectivity index (χ1n) is 8.19. The lowest BCUT2D eigenvalue weighted by Crippen LogP contribution is -2.40. The number of nitrogens with zero attached hydrogens (tertiary/aromatic N) is 3. The molecule has 0 aliphatic carbocycles. The van der Waals surface area contributed by atoms with Crippen molar-refractivity contribution >= 4 is 17.3 Å². The van der Waals surface area contributed by atoms with E-state index in [1.165, 1.54) is 17.7 Å². The van der Waals surface area contributed by atoms with Crippen LogP contribution in [0.1, 0.15) is 28.4 Å². The Balaban J connectivity index is 1.39. The quantitative estimate of drug-likeness (QED) is 0.668. The molecule has 0 saturated carbocycles. The molecule has 4 atom stereocenters. The number of ether oxygens (including phenoxy) is 1. The molecule has 1 aromatic heterocycles. The maximum atomic E-state index is 6.05. The predicted octanol–water partition coefficient (Wildman–Crippen LogP) is 1.94. The summed E-state index contributed by atoms with van der Waals surface area (Å²) in [5.74, 6) is 2.43. The van der Waals surface area contributed by atoms with Gasteiger partial charge < -0.3 is 15.0 Å². The maximum Gasteiger partial charge on any atom is 0.194 e. The summed E-state index contributed by atoms with van der Waals surface area (Å²) in [6, 6.07) is 0. The molecule has 3 aliphatic rings. The second-order valence-electron chi connectivity index (χ2n) is 6.67. The third kappa shape index (κ3) is 2.33. The molecule has 3 saturated heterocycles. The number of fused-ring (bicyclic) bond motifs is 5. The van der Waals surface area contributed by atoms with Crippen LogP contribution in [0.2, 0.25) is 0 Å². The van der Waals surface area contributed by atoms with Gasteiger partial charge in [0.05, 0.1) is 24.4 Å². The summed E-state index contributed by atoms with van der Waals surface area (Å²) in [6.07, 6.45) is 3.51. The van der Waals surface area contributed by atoms with Crippen molar-refractivity contribution in [3.8, 4) is 0 Å². The zero-order valence-electron chi connectivity index (χ0n) is 13.5. The molecule has 120 valence electrons. The number of hydrogen-bond donors (Lipinski definition) is 1. The first kappa shape index (κ1) is 14.5. The number of nitrogens with one attached hydrogen (secondary N) is 1. The van der Waals surface area contributed by atoms with Crippen LogP contribution in [0.5, 0.6) is 0 Å². The fourth-order valence-electron chi connectivity index (χ4n) is 4.23. The number of likely N-dealkylation sites (tertiary alicyclic amines) is 1. The second-order valence-corrected chi connectivity index (χ2v) is 7.96. The van der Waals surface area contributed by atoms with E-state index >= 15 is 0 Å². The molecule has 4 unspecified atom stereocenters. The number of aromatic nitrogens is 1. The van der Waals surface area contributed by atoms with E-state index in [-0.39, 0.29) is 0 Å². The van der Waals surface area contributed by atoms with Gasteiger partial charge in [-0.2, -0.15) is 0 Å². The summed E-state index contributed by atoms with van der Waals surface area (Å²) in [5, 5.41) is 4.63. The molecule has 1 N–H and O–H groups in total. The van der Waals surface area contributed by atoms with Crippen LogP contribution in [0, 0.1) is 25.7 Å². The second kappa shape index (κ2) is 5.49. The minimum atomic E-state index is 0.502. The van der Waals surface area contributed by atoms with Gasteiger partial charge in [0.25, 0.3) is 0 Å². The Kier molecular flexibility index (Phi) is 3.61. The van der Waals surface area contributed by atoms with E-state index in [0.29, 0.717) is 24.0 Å². The minimum Gasteiger partial charge on any atom is -0.374 e. The van der Waals surface area contributed by atoms with Gasteiger partial charge in [0.15, 0.2) is 5.96 Å². The van der Waals surface area contributed by atoms with E-state index in [1.54, 1.807) is 11.3 Å². The Hall–Kier alpha value is -1.14. The summed E-state index contributed by atoms with van der Waals surface area (Å²) < 4.78 is 6.05. The Bertz CT molecular complexity index is 561. The highest BCUT2D eigenvalue weighted by atomic mass is 32.1. The van der Waals surface area contributed by atoms with Gasteiger partial charge in [0.1, 0.15) is 5.01 Å². The first-order chi connectivity index (χ1) is 10.7. The summed E-state index contributed by atoms with van der Waals surface area (Å²) in [5.41, 5.74) is 1.14. The highest BCUT2D eigenvalue weighted by Gasteiger charge is 2.53. The molecular formula is C16H24N4OS. The van der Waals surface area contributed by atoms with Crippen molar-refractivity contribution in [2.24, 2.45) is 16.8 Å². The molecule has 3 aliphatic heterocycles. The molecule has 3 fully saturated rings. The van der Waals surface area contributed by atoms with Gasteiger partial charge >= 0.3 is 0 Å². The lowest BCUT2D eigenvalue weighted by Gasteiger charge is -2.23. The van der Waals surface area contributed by atoms with Crippen LogP contribution in [-0.2, 0) is 11.3 Å². The SMILES string of the molecule is CN=C(NCc1nc(C)c(C)s1)N1CC2C3CCC(O3)C2C1. The van der Waals surface area contributed by atoms with E-state index in [0.717, 1.165) is 36.3 Å². The normalized spacial score (nSPS) is 33.6. The molecular weight excluding hydrogens is 296 g/mol. The molecule has 0 radical (unpaired) electrons. The largest absolute Gasteiger partial charge is 0.374 e. The Labute approximate surface area is 135 Å². The molecule has 2 bridgehead atoms. The van der Waals surface area contributed by atoms with Crippen LogP contribution in [-0.4, -0.2) is 48.2 Å². The van der Waals surface area contributed by atoms with Gasteiger partial charge in [-0.05, 0) is 26.7 Å². The van der Waals surface area contributed by atoms with Crippen LogP contribution < -0.4 is 5.32 Å². The third-order valence-electron chi connectivity index (χ3n) is 5.43. The zero-order valence-corrected chi connectivity index (χ0v) is 14.3. The number of aryl methyl sites for hydroxylation is 2. The topological polar surface area (TPSA) is 49.8 Å². The first-order valence-corrected chi connectivity index (χ1v) is 9.01. The number of thiazole rings is 1. The Morgan fingerprint density at radius 2 is 2.00 bits per heavy atom. The van der Waals surface area contributed by atoms with E-state index in [2.05, 4.69) is 34.0 Å². The summed E-state index contributed by atoms with van der Waals surface area (Å²) in [4.78, 5) is 12.8. The average molecular weight is 320 g/mol. The highest BCUT2D eigenvalue weighted by Crippen LogP contribution is 2.47. The molecule has 0 aromatic carbocycles. The predicted molar refractivity (Wildman–Crippen MR) is 88.2 cm³/mol. The lowest BCUT2D eigenvalue weighted by atomic mass is 9.82. The molecule has 22 heavy (non-hydrogen) atoms. The monoisotopic (exact) mass is 320 g/mol. The van der Waals surface area contributed by atoms with Crippen molar-refractivity contribution in [1.82, 2.24) is 15.2 Å². The molecule has 1 aromatic rings. The highest BCUT2D eigenvalue weighted by molar-refractivity contribution is 7.11. The summed E-state index contributed by atoms with van der Waals surface area (Å²) >= 11 is 1.77. The van der Waals surface area contributed by atoms with Gasteiger partial charge in [-0.1, -0.05) is 0 Å². The molecule has 5 nitrogen and oxygen atoms in total. The number of hydrogen-bond acceptors (Lipinski definition) is 4. The van der Waals surface area contributed by atoms with Crippen LogP contribution in [0.25, 0.3) is 0 Å². The van der Waals surface area contributed by atoms with Crippen LogP contribution in [0.4, 0.5) is 0 Å². The zero-order chi connectivity index (χ0) is 15.3. The smallest absolute Gasteiger partial charge is 0.194 e. The van der Waals surface area contributed by atoms with Gasteiger partial charge in [-0.25, -0.2) is 4.98 Å². The van der Waals surface area contributed by atoms with E-state index < -0.39 is 0 Å². The molecule has 0 amide bonds. The maximum absolute atomic E-state index is 6.05. The summed E-state index contributed by atoms with van der Waals surface area (Å²) in [7, 11) is 1.87. The molecule has 6 heteroatoms. The fourth-order valence-corrected chi connectivity index (χ4v) is 5.11. The lowest BCUT2D eigenvalue weighted by molar-refractivity contribution is 0.0767. The molecule has 4 rings (SSSR count). The van der Waals surface area contributed by atoms with Crippen LogP contribution in [0.15, 0.2) is 4.99 Å². The van der Waals surface area contributed by atoms with Gasteiger partial charge in [-0.15, -0.1) is 11.3 Å². The minimum absolute atomic E-state index is 0.502. The van der Waals surface area contributed by atoms with Crippen molar-refractivity contribution in [2.75, 3.05) is 20.1 Å². The third-order valence-corrected chi connectivity index (χ3v) is 6.51. The van der Waals surface area contributed by atoms with Gasteiger partial charge in [0, 0.05) is 36.9 Å². The van der Waals surface area contributed by atoms with Crippen LogP contribution >= 0.6 is 11.3 Å². The number of rotatable bonds is 2. The summed E-state index contributed by atoms with van der Waals surface area (Å²) in [6.45, 7) is 7.13. The van der Waals surface area contributed by atoms with E-state index in [1.807, 2.05) is 7.05 Å². The van der Waals surface area contributed by atoms with Crippen molar-refractivity contribution in [3.05, 3.63) is 15.6 Å². The average Bonchev–Trinajstić information content (AvgIpc) is 3.23. The van der Waals surface area contributed by atoms with Gasteiger partial charge in [0.2, 0.25) is 0 Å². The standard InChI is InChI=1S/C16H24N4OS/c1-9-10(2)22-15(19-9)6-18-16(17-3)20-7-11-12(8-20)14-5-4-13(11)21-14/h11-14H,4-8H2,1-3H3,(H,17,18).